The average Bonchev–Trinajstić information content (AvgIpc) is 2.14. The van der Waals surface area contributed by atoms with Gasteiger partial charge < -0.3 is 4.74 Å². The molecule has 0 unspecified atom stereocenters. The average molecular weight is 283 g/mol. The van der Waals surface area contributed by atoms with Gasteiger partial charge in [-0.1, -0.05) is 34.6 Å². The van der Waals surface area contributed by atoms with Crippen LogP contribution >= 0.6 is 15.9 Å². The van der Waals surface area contributed by atoms with Gasteiger partial charge in [0.25, 0.3) is 0 Å². The van der Waals surface area contributed by atoms with Crippen molar-refractivity contribution in [3.63, 3.8) is 0 Å². The zero-order valence-corrected chi connectivity index (χ0v) is 11.8. The van der Waals surface area contributed by atoms with Crippen LogP contribution in [-0.4, -0.2) is 10.9 Å². The summed E-state index contributed by atoms with van der Waals surface area (Å²) in [5.41, 5.74) is 2.34. The molecule has 0 amide bonds. The first-order valence-electron chi connectivity index (χ1n) is 5.42. The Hall–Kier alpha value is -0.760. The van der Waals surface area contributed by atoms with Crippen LogP contribution in [0.5, 0.6) is 5.75 Å². The van der Waals surface area contributed by atoms with Crippen LogP contribution in [0, 0.1) is 0 Å². The van der Waals surface area contributed by atoms with Gasteiger partial charge in [0.2, 0.25) is 0 Å². The van der Waals surface area contributed by atoms with E-state index in [1.54, 1.807) is 0 Å². The molecule has 0 aliphatic rings. The number of ether oxygens (including phenoxy) is 1. The lowest BCUT2D eigenvalue weighted by atomic mass is 10.0. The Bertz CT molecular complexity index is 346. The minimum Gasteiger partial charge on any atom is -0.489 e. The summed E-state index contributed by atoms with van der Waals surface area (Å²) in [4.78, 5) is 0. The molecule has 0 spiro atoms. The Morgan fingerprint density at radius 1 is 1.31 bits per heavy atom. The quantitative estimate of drug-likeness (QED) is 0.576. The van der Waals surface area contributed by atoms with Crippen LogP contribution in [0.2, 0.25) is 0 Å². The number of alkyl halides is 1. The first kappa shape index (κ1) is 13.3. The van der Waals surface area contributed by atoms with Crippen molar-refractivity contribution in [2.45, 2.75) is 31.5 Å². The molecule has 0 N–H and O–H groups in total. The summed E-state index contributed by atoms with van der Waals surface area (Å²) in [6, 6.07) is 8.24. The normalized spacial score (nSPS) is 11.2. The molecule has 0 aromatic heterocycles. The fourth-order valence-corrected chi connectivity index (χ4v) is 1.72. The van der Waals surface area contributed by atoms with Crippen LogP contribution in [0.15, 0.2) is 36.4 Å². The number of benzene rings is 1. The number of hydrogen-bond donors (Lipinski definition) is 0. The van der Waals surface area contributed by atoms with E-state index in [1.807, 2.05) is 19.1 Å². The molecule has 88 valence electrons. The summed E-state index contributed by atoms with van der Waals surface area (Å²) >= 11 is 3.64. The number of rotatable bonds is 5. The molecule has 1 aromatic carbocycles. The smallest absolute Gasteiger partial charge is 0.119 e. The van der Waals surface area contributed by atoms with Gasteiger partial charge in [-0.3, -0.25) is 0 Å². The lowest BCUT2D eigenvalue weighted by Crippen LogP contribution is -2.12. The van der Waals surface area contributed by atoms with Gasteiger partial charge >= 0.3 is 0 Å². The SMILES string of the molecule is C=C(C)COc1ccc(CC(C)(C)Br)cc1. The lowest BCUT2D eigenvalue weighted by molar-refractivity contribution is 0.352. The van der Waals surface area contributed by atoms with Crippen LogP contribution < -0.4 is 4.74 Å². The van der Waals surface area contributed by atoms with E-state index >= 15 is 0 Å². The molecule has 0 heterocycles. The lowest BCUT2D eigenvalue weighted by Gasteiger charge is -2.16. The topological polar surface area (TPSA) is 9.23 Å². The molecule has 1 rings (SSSR count). The summed E-state index contributed by atoms with van der Waals surface area (Å²) in [6.45, 7) is 10.7. The predicted octanol–water partition coefficient (Wildman–Crippen LogP) is 4.36. The van der Waals surface area contributed by atoms with E-state index in [-0.39, 0.29) is 4.32 Å². The highest BCUT2D eigenvalue weighted by molar-refractivity contribution is 9.10. The van der Waals surface area contributed by atoms with Crippen LogP contribution in [0.3, 0.4) is 0 Å². The van der Waals surface area contributed by atoms with E-state index in [0.717, 1.165) is 17.7 Å². The summed E-state index contributed by atoms with van der Waals surface area (Å²) < 4.78 is 5.69. The Balaban J connectivity index is 2.57. The van der Waals surface area contributed by atoms with Crippen molar-refractivity contribution >= 4 is 15.9 Å². The van der Waals surface area contributed by atoms with Gasteiger partial charge in [-0.2, -0.15) is 0 Å². The van der Waals surface area contributed by atoms with Crippen molar-refractivity contribution < 1.29 is 4.74 Å². The van der Waals surface area contributed by atoms with E-state index in [4.69, 9.17) is 4.74 Å². The van der Waals surface area contributed by atoms with Crippen molar-refractivity contribution in [3.8, 4) is 5.75 Å². The number of halogens is 1. The Morgan fingerprint density at radius 2 is 1.88 bits per heavy atom. The van der Waals surface area contributed by atoms with Crippen molar-refractivity contribution in [2.24, 2.45) is 0 Å². The molecule has 1 aromatic rings. The molecule has 0 saturated carbocycles. The fraction of sp³-hybridized carbons (Fsp3) is 0.429. The summed E-state index contributed by atoms with van der Waals surface area (Å²) in [5.74, 6) is 0.902. The van der Waals surface area contributed by atoms with E-state index < -0.39 is 0 Å². The van der Waals surface area contributed by atoms with Crippen LogP contribution in [0.25, 0.3) is 0 Å². The fourth-order valence-electron chi connectivity index (χ4n) is 1.40. The third-order valence-corrected chi connectivity index (χ3v) is 2.31. The third-order valence-electron chi connectivity index (χ3n) is 2.03. The molecule has 16 heavy (non-hydrogen) atoms. The standard InChI is InChI=1S/C14H19BrO/c1-11(2)10-16-13-7-5-12(6-8-13)9-14(3,4)15/h5-8H,1,9-10H2,2-4H3. The second-order valence-corrected chi connectivity index (χ2v) is 6.93. The number of hydrogen-bond acceptors (Lipinski definition) is 1. The molecule has 1 nitrogen and oxygen atoms in total. The monoisotopic (exact) mass is 282 g/mol. The van der Waals surface area contributed by atoms with E-state index in [2.05, 4.69) is 48.5 Å². The van der Waals surface area contributed by atoms with Gasteiger partial charge in [-0.15, -0.1) is 0 Å². The second-order valence-electron chi connectivity index (χ2n) is 4.79. The molecule has 0 bridgehead atoms. The molecule has 0 radical (unpaired) electrons. The molecule has 0 aliphatic carbocycles. The van der Waals surface area contributed by atoms with Gasteiger partial charge in [-0.05, 0) is 50.5 Å². The van der Waals surface area contributed by atoms with Crippen molar-refractivity contribution in [1.29, 1.82) is 0 Å². The maximum Gasteiger partial charge on any atom is 0.119 e. The molecular formula is C14H19BrO. The summed E-state index contributed by atoms with van der Waals surface area (Å²) in [6.07, 6.45) is 1.01. The van der Waals surface area contributed by atoms with Crippen LogP contribution in [0.1, 0.15) is 26.3 Å². The Morgan fingerprint density at radius 3 is 2.31 bits per heavy atom. The maximum atomic E-state index is 5.54. The highest BCUT2D eigenvalue weighted by atomic mass is 79.9. The highest BCUT2D eigenvalue weighted by Crippen LogP contribution is 2.23. The Labute approximate surface area is 107 Å². The molecule has 0 saturated heterocycles. The zero-order chi connectivity index (χ0) is 12.2. The van der Waals surface area contributed by atoms with Gasteiger partial charge in [0.15, 0.2) is 0 Å². The molecule has 0 aliphatic heterocycles. The van der Waals surface area contributed by atoms with Crippen molar-refractivity contribution in [3.05, 3.63) is 42.0 Å². The second kappa shape index (κ2) is 5.53. The molecule has 2 heteroatoms. The first-order chi connectivity index (χ1) is 7.37. The third kappa shape index (κ3) is 5.36. The van der Waals surface area contributed by atoms with Gasteiger partial charge in [-0.25, -0.2) is 0 Å². The van der Waals surface area contributed by atoms with Crippen molar-refractivity contribution in [2.75, 3.05) is 6.61 Å². The Kier molecular flexibility index (Phi) is 4.60. The molecule has 0 fully saturated rings. The first-order valence-corrected chi connectivity index (χ1v) is 6.21. The van der Waals surface area contributed by atoms with Gasteiger partial charge in [0.05, 0.1) is 0 Å². The van der Waals surface area contributed by atoms with E-state index in [0.29, 0.717) is 6.61 Å². The molecular weight excluding hydrogens is 264 g/mol. The van der Waals surface area contributed by atoms with Crippen LogP contribution in [0.4, 0.5) is 0 Å². The summed E-state index contributed by atoms with van der Waals surface area (Å²) in [7, 11) is 0. The zero-order valence-electron chi connectivity index (χ0n) is 10.2. The predicted molar refractivity (Wildman–Crippen MR) is 73.5 cm³/mol. The van der Waals surface area contributed by atoms with E-state index in [1.165, 1.54) is 5.56 Å². The van der Waals surface area contributed by atoms with Gasteiger partial charge in [0.1, 0.15) is 12.4 Å². The van der Waals surface area contributed by atoms with E-state index in [9.17, 15) is 0 Å². The summed E-state index contributed by atoms with van der Waals surface area (Å²) in [5, 5.41) is 0. The maximum absolute atomic E-state index is 5.54. The van der Waals surface area contributed by atoms with Crippen molar-refractivity contribution in [1.82, 2.24) is 0 Å². The van der Waals surface area contributed by atoms with Gasteiger partial charge in [0, 0.05) is 4.32 Å². The highest BCUT2D eigenvalue weighted by Gasteiger charge is 2.13. The molecule has 0 atom stereocenters. The van der Waals surface area contributed by atoms with Crippen LogP contribution in [-0.2, 0) is 6.42 Å². The minimum atomic E-state index is 0.146. The largest absolute Gasteiger partial charge is 0.489 e. The minimum absolute atomic E-state index is 0.146.